The Hall–Kier alpha value is -2.86. The molecule has 2 aromatic rings. The molecule has 1 atom stereocenters. The highest BCUT2D eigenvalue weighted by molar-refractivity contribution is 5.97. The Morgan fingerprint density at radius 3 is 2.33 bits per heavy atom. The van der Waals surface area contributed by atoms with E-state index in [1.54, 1.807) is 31.4 Å². The number of amides is 2. The number of ether oxygens (including phenoxy) is 1. The molecular weight excluding hydrogens is 308 g/mol. The van der Waals surface area contributed by atoms with Crippen LogP contribution in [0.4, 0.5) is 5.69 Å². The van der Waals surface area contributed by atoms with Crippen LogP contribution in [0, 0.1) is 0 Å². The average Bonchev–Trinajstić information content (AvgIpc) is 2.61. The molecule has 126 valence electrons. The Kier molecular flexibility index (Phi) is 6.33. The predicted octanol–water partition coefficient (Wildman–Crippen LogP) is 1.35. The van der Waals surface area contributed by atoms with Gasteiger partial charge in [-0.2, -0.15) is 0 Å². The number of anilines is 1. The number of benzene rings is 2. The maximum absolute atomic E-state index is 12.2. The summed E-state index contributed by atoms with van der Waals surface area (Å²) in [5.41, 5.74) is 1.39. The maximum atomic E-state index is 12.2. The van der Waals surface area contributed by atoms with E-state index in [0.29, 0.717) is 11.4 Å². The second-order valence-electron chi connectivity index (χ2n) is 5.18. The lowest BCUT2D eigenvalue weighted by Gasteiger charge is -2.16. The topological polar surface area (TPSA) is 87.7 Å². The molecule has 2 rings (SSSR count). The molecule has 3 N–H and O–H groups in total. The van der Waals surface area contributed by atoms with Crippen LogP contribution in [0.2, 0.25) is 0 Å². The minimum absolute atomic E-state index is 0.146. The van der Waals surface area contributed by atoms with Crippen molar-refractivity contribution in [3.8, 4) is 5.75 Å². The zero-order valence-corrected chi connectivity index (χ0v) is 13.4. The molecule has 0 spiro atoms. The number of aliphatic hydroxyl groups is 1. The number of aliphatic hydroxyl groups excluding tert-OH is 1. The Balaban J connectivity index is 1.91. The van der Waals surface area contributed by atoms with Crippen LogP contribution in [0.25, 0.3) is 0 Å². The van der Waals surface area contributed by atoms with Crippen molar-refractivity contribution in [2.75, 3.05) is 19.0 Å². The highest BCUT2D eigenvalue weighted by Crippen LogP contribution is 2.15. The van der Waals surface area contributed by atoms with E-state index in [-0.39, 0.29) is 12.3 Å². The second-order valence-corrected chi connectivity index (χ2v) is 5.18. The number of carbonyl (C=O) groups excluding carboxylic acids is 2. The Morgan fingerprint density at radius 2 is 1.75 bits per heavy atom. The molecule has 2 amide bonds. The van der Waals surface area contributed by atoms with Gasteiger partial charge in [0.1, 0.15) is 11.8 Å². The van der Waals surface area contributed by atoms with Crippen LogP contribution >= 0.6 is 0 Å². The zero-order chi connectivity index (χ0) is 17.4. The van der Waals surface area contributed by atoms with Crippen LogP contribution in [-0.4, -0.2) is 36.7 Å². The van der Waals surface area contributed by atoms with Gasteiger partial charge in [-0.25, -0.2) is 0 Å². The lowest BCUT2D eigenvalue weighted by molar-refractivity contribution is -0.126. The van der Waals surface area contributed by atoms with Crippen LogP contribution in [0.3, 0.4) is 0 Å². The molecule has 0 saturated carbocycles. The van der Waals surface area contributed by atoms with Gasteiger partial charge in [-0.15, -0.1) is 0 Å². The van der Waals surface area contributed by atoms with E-state index in [1.165, 1.54) is 0 Å². The monoisotopic (exact) mass is 328 g/mol. The van der Waals surface area contributed by atoms with Crippen LogP contribution in [0.5, 0.6) is 5.75 Å². The number of methoxy groups -OCH3 is 1. The minimum Gasteiger partial charge on any atom is -0.497 e. The summed E-state index contributed by atoms with van der Waals surface area (Å²) in [7, 11) is 1.55. The summed E-state index contributed by atoms with van der Waals surface area (Å²) in [6, 6.07) is 14.9. The third kappa shape index (κ3) is 5.10. The van der Waals surface area contributed by atoms with Gasteiger partial charge in [-0.1, -0.05) is 30.3 Å². The van der Waals surface area contributed by atoms with Crippen molar-refractivity contribution in [2.24, 2.45) is 0 Å². The second kappa shape index (κ2) is 8.69. The van der Waals surface area contributed by atoms with Gasteiger partial charge in [0.05, 0.1) is 20.1 Å². The Bertz CT molecular complexity index is 671. The van der Waals surface area contributed by atoms with Crippen molar-refractivity contribution in [1.29, 1.82) is 0 Å². The molecule has 0 fully saturated rings. The predicted molar refractivity (Wildman–Crippen MR) is 90.8 cm³/mol. The highest BCUT2D eigenvalue weighted by Gasteiger charge is 2.20. The molecule has 6 nitrogen and oxygen atoms in total. The summed E-state index contributed by atoms with van der Waals surface area (Å²) in [6.07, 6.45) is 0.146. The van der Waals surface area contributed by atoms with Gasteiger partial charge in [0.15, 0.2) is 0 Å². The molecule has 0 aromatic heterocycles. The van der Waals surface area contributed by atoms with E-state index < -0.39 is 18.6 Å². The van der Waals surface area contributed by atoms with Crippen LogP contribution in [0.1, 0.15) is 5.56 Å². The number of hydrogen-bond donors (Lipinski definition) is 3. The molecule has 0 heterocycles. The summed E-state index contributed by atoms with van der Waals surface area (Å²) in [4.78, 5) is 24.2. The standard InChI is InChI=1S/C18H20N2O4/c1-24-15-9-7-14(8-10-15)19-18(23)16(12-21)20-17(22)11-13-5-3-2-4-6-13/h2-10,16,21H,11-12H2,1H3,(H,19,23)(H,20,22)/t16-/m0/s1. The van der Waals surface area contributed by atoms with Gasteiger partial charge in [0, 0.05) is 5.69 Å². The lowest BCUT2D eigenvalue weighted by atomic mass is 10.1. The van der Waals surface area contributed by atoms with Gasteiger partial charge in [-0.3, -0.25) is 9.59 Å². The fraction of sp³-hybridized carbons (Fsp3) is 0.222. The van der Waals surface area contributed by atoms with Crippen molar-refractivity contribution in [3.63, 3.8) is 0 Å². The van der Waals surface area contributed by atoms with Crippen molar-refractivity contribution in [2.45, 2.75) is 12.5 Å². The van der Waals surface area contributed by atoms with E-state index in [2.05, 4.69) is 10.6 Å². The van der Waals surface area contributed by atoms with E-state index in [4.69, 9.17) is 4.74 Å². The number of rotatable bonds is 7. The maximum Gasteiger partial charge on any atom is 0.249 e. The molecule has 24 heavy (non-hydrogen) atoms. The number of carbonyl (C=O) groups is 2. The van der Waals surface area contributed by atoms with Gasteiger partial charge >= 0.3 is 0 Å². The summed E-state index contributed by atoms with van der Waals surface area (Å²) >= 11 is 0. The van der Waals surface area contributed by atoms with Crippen LogP contribution < -0.4 is 15.4 Å². The molecule has 0 saturated heterocycles. The number of nitrogens with one attached hydrogen (secondary N) is 2. The molecule has 0 aliphatic carbocycles. The van der Waals surface area contributed by atoms with Crippen molar-refractivity contribution < 1.29 is 19.4 Å². The molecule has 0 radical (unpaired) electrons. The average molecular weight is 328 g/mol. The minimum atomic E-state index is -1.01. The van der Waals surface area contributed by atoms with E-state index in [0.717, 1.165) is 5.56 Å². The first kappa shape index (κ1) is 17.5. The summed E-state index contributed by atoms with van der Waals surface area (Å²) in [5.74, 6) is -0.142. The summed E-state index contributed by atoms with van der Waals surface area (Å²) in [5, 5.41) is 14.6. The van der Waals surface area contributed by atoms with Gasteiger partial charge in [-0.05, 0) is 29.8 Å². The van der Waals surface area contributed by atoms with Crippen molar-refractivity contribution in [3.05, 3.63) is 60.2 Å². The first-order chi connectivity index (χ1) is 11.6. The fourth-order valence-electron chi connectivity index (χ4n) is 2.12. The SMILES string of the molecule is COc1ccc(NC(=O)[C@H](CO)NC(=O)Cc2ccccc2)cc1. The third-order valence-corrected chi connectivity index (χ3v) is 3.40. The van der Waals surface area contributed by atoms with Crippen LogP contribution in [0.15, 0.2) is 54.6 Å². The zero-order valence-electron chi connectivity index (χ0n) is 13.4. The van der Waals surface area contributed by atoms with Crippen LogP contribution in [-0.2, 0) is 16.0 Å². The molecule has 0 unspecified atom stereocenters. The first-order valence-corrected chi connectivity index (χ1v) is 7.51. The fourth-order valence-corrected chi connectivity index (χ4v) is 2.12. The normalized spacial score (nSPS) is 11.4. The van der Waals surface area contributed by atoms with Crippen molar-refractivity contribution >= 4 is 17.5 Å². The molecule has 2 aromatic carbocycles. The van der Waals surface area contributed by atoms with E-state index >= 15 is 0 Å². The molecule has 6 heteroatoms. The quantitative estimate of drug-likeness (QED) is 0.716. The molecule has 0 aliphatic rings. The van der Waals surface area contributed by atoms with Gasteiger partial charge in [0.25, 0.3) is 0 Å². The number of hydrogen-bond acceptors (Lipinski definition) is 4. The third-order valence-electron chi connectivity index (χ3n) is 3.40. The van der Waals surface area contributed by atoms with Gasteiger partial charge < -0.3 is 20.5 Å². The smallest absolute Gasteiger partial charge is 0.249 e. The summed E-state index contributed by atoms with van der Waals surface area (Å²) in [6.45, 7) is -0.484. The highest BCUT2D eigenvalue weighted by atomic mass is 16.5. The van der Waals surface area contributed by atoms with Crippen molar-refractivity contribution in [1.82, 2.24) is 5.32 Å². The molecule has 0 bridgehead atoms. The van der Waals surface area contributed by atoms with E-state index in [9.17, 15) is 14.7 Å². The molecule has 0 aliphatic heterocycles. The lowest BCUT2D eigenvalue weighted by Crippen LogP contribution is -2.46. The van der Waals surface area contributed by atoms with Gasteiger partial charge in [0.2, 0.25) is 11.8 Å². The summed E-state index contributed by atoms with van der Waals surface area (Å²) < 4.78 is 5.04. The first-order valence-electron chi connectivity index (χ1n) is 7.51. The Morgan fingerprint density at radius 1 is 1.08 bits per heavy atom. The molecular formula is C18H20N2O4. The largest absolute Gasteiger partial charge is 0.497 e. The van der Waals surface area contributed by atoms with E-state index in [1.807, 2.05) is 30.3 Å². The Labute approximate surface area is 140 Å².